The number of amides is 1. The van der Waals surface area contributed by atoms with E-state index in [1.807, 2.05) is 4.90 Å². The van der Waals surface area contributed by atoms with Crippen LogP contribution in [0.25, 0.3) is 0 Å². The summed E-state index contributed by atoms with van der Waals surface area (Å²) in [6, 6.07) is 8.45. The van der Waals surface area contributed by atoms with E-state index < -0.39 is 0 Å². The van der Waals surface area contributed by atoms with Gasteiger partial charge in [0.15, 0.2) is 5.96 Å². The number of ether oxygens (including phenoxy) is 1. The summed E-state index contributed by atoms with van der Waals surface area (Å²) in [5.74, 6) is 1.13. The van der Waals surface area contributed by atoms with Gasteiger partial charge < -0.3 is 20.3 Å². The standard InChI is InChI=1S/C22H35N5O2.HI/c1-2-23-22(24-10-4-11-26-13-15-29-16-14-26)25-17-19-6-8-20(9-7-19)18-27-12-3-5-21(27)28;/h6-9H,2-5,10-18H2,1H3,(H2,23,24,25);1H. The van der Waals surface area contributed by atoms with E-state index in [2.05, 4.69) is 46.7 Å². The number of halogens is 1. The van der Waals surface area contributed by atoms with Crippen molar-refractivity contribution in [3.63, 3.8) is 0 Å². The Balaban J connectivity index is 0.00000320. The van der Waals surface area contributed by atoms with Crippen molar-refractivity contribution >= 4 is 35.8 Å². The summed E-state index contributed by atoms with van der Waals surface area (Å²) in [6.07, 6.45) is 2.77. The van der Waals surface area contributed by atoms with Gasteiger partial charge >= 0.3 is 0 Å². The van der Waals surface area contributed by atoms with Gasteiger partial charge in [0.25, 0.3) is 0 Å². The first kappa shape index (κ1) is 24.9. The summed E-state index contributed by atoms with van der Waals surface area (Å²) >= 11 is 0. The SMILES string of the molecule is CCNC(=NCc1ccc(CN2CCCC2=O)cc1)NCCCN1CCOCC1.I. The molecule has 8 heteroatoms. The van der Waals surface area contributed by atoms with E-state index in [0.717, 1.165) is 77.8 Å². The van der Waals surface area contributed by atoms with Crippen LogP contribution in [0, 0.1) is 0 Å². The lowest BCUT2D eigenvalue weighted by atomic mass is 10.1. The van der Waals surface area contributed by atoms with Gasteiger partial charge in [0, 0.05) is 45.7 Å². The summed E-state index contributed by atoms with van der Waals surface area (Å²) < 4.78 is 5.39. The lowest BCUT2D eigenvalue weighted by molar-refractivity contribution is -0.128. The van der Waals surface area contributed by atoms with Crippen molar-refractivity contribution in [2.45, 2.75) is 39.3 Å². The molecular formula is C22H36IN5O2. The number of nitrogens with one attached hydrogen (secondary N) is 2. The van der Waals surface area contributed by atoms with E-state index >= 15 is 0 Å². The molecule has 0 spiro atoms. The number of guanidine groups is 1. The highest BCUT2D eigenvalue weighted by atomic mass is 127. The van der Waals surface area contributed by atoms with Crippen molar-refractivity contribution < 1.29 is 9.53 Å². The van der Waals surface area contributed by atoms with Crippen molar-refractivity contribution in [2.24, 2.45) is 4.99 Å². The van der Waals surface area contributed by atoms with Crippen molar-refractivity contribution in [3.05, 3.63) is 35.4 Å². The molecule has 7 nitrogen and oxygen atoms in total. The molecule has 1 aromatic rings. The third kappa shape index (κ3) is 8.39. The zero-order chi connectivity index (χ0) is 20.3. The highest BCUT2D eigenvalue weighted by Gasteiger charge is 2.19. The molecule has 0 saturated carbocycles. The Bertz CT molecular complexity index is 662. The number of benzene rings is 1. The maximum atomic E-state index is 11.8. The van der Waals surface area contributed by atoms with Crippen LogP contribution in [0.4, 0.5) is 0 Å². The molecule has 0 bridgehead atoms. The first-order chi connectivity index (χ1) is 14.2. The van der Waals surface area contributed by atoms with Crippen molar-refractivity contribution in [1.82, 2.24) is 20.4 Å². The fraction of sp³-hybridized carbons (Fsp3) is 0.636. The first-order valence-electron chi connectivity index (χ1n) is 10.9. The average molecular weight is 529 g/mol. The van der Waals surface area contributed by atoms with Crippen LogP contribution in [0.2, 0.25) is 0 Å². The lowest BCUT2D eigenvalue weighted by Crippen LogP contribution is -2.40. The molecule has 3 rings (SSSR count). The van der Waals surface area contributed by atoms with Crippen molar-refractivity contribution in [3.8, 4) is 0 Å². The average Bonchev–Trinajstić information content (AvgIpc) is 3.15. The third-order valence-electron chi connectivity index (χ3n) is 5.38. The summed E-state index contributed by atoms with van der Waals surface area (Å²) in [7, 11) is 0. The van der Waals surface area contributed by atoms with E-state index in [0.29, 0.717) is 13.0 Å². The Labute approximate surface area is 197 Å². The molecule has 0 aliphatic carbocycles. The maximum absolute atomic E-state index is 11.8. The normalized spacial score (nSPS) is 17.7. The molecular weight excluding hydrogens is 493 g/mol. The van der Waals surface area contributed by atoms with Gasteiger partial charge in [-0.15, -0.1) is 24.0 Å². The molecule has 2 N–H and O–H groups in total. The topological polar surface area (TPSA) is 69.2 Å². The second-order valence-electron chi connectivity index (χ2n) is 7.66. The molecule has 0 atom stereocenters. The van der Waals surface area contributed by atoms with Gasteiger partial charge in [-0.05, 0) is 37.4 Å². The molecule has 2 aliphatic rings. The monoisotopic (exact) mass is 529 g/mol. The quantitative estimate of drug-likeness (QED) is 0.222. The zero-order valence-electron chi connectivity index (χ0n) is 18.1. The first-order valence-corrected chi connectivity index (χ1v) is 10.9. The molecule has 2 fully saturated rings. The van der Waals surface area contributed by atoms with Gasteiger partial charge in [-0.25, -0.2) is 4.99 Å². The fourth-order valence-corrected chi connectivity index (χ4v) is 3.69. The minimum atomic E-state index is 0. The van der Waals surface area contributed by atoms with Crippen LogP contribution in [0.5, 0.6) is 0 Å². The second-order valence-corrected chi connectivity index (χ2v) is 7.66. The fourth-order valence-electron chi connectivity index (χ4n) is 3.69. The Kier molecular flexibility index (Phi) is 11.5. The third-order valence-corrected chi connectivity index (χ3v) is 5.38. The smallest absolute Gasteiger partial charge is 0.222 e. The molecule has 30 heavy (non-hydrogen) atoms. The maximum Gasteiger partial charge on any atom is 0.222 e. The van der Waals surface area contributed by atoms with Gasteiger partial charge in [0.05, 0.1) is 19.8 Å². The van der Waals surface area contributed by atoms with Gasteiger partial charge in [-0.2, -0.15) is 0 Å². The number of aliphatic imine (C=N–C) groups is 1. The van der Waals surface area contributed by atoms with Crippen LogP contribution in [0.3, 0.4) is 0 Å². The Morgan fingerprint density at radius 2 is 1.83 bits per heavy atom. The van der Waals surface area contributed by atoms with E-state index in [4.69, 9.17) is 9.73 Å². The van der Waals surface area contributed by atoms with E-state index in [9.17, 15) is 4.79 Å². The van der Waals surface area contributed by atoms with Gasteiger partial charge in [0.1, 0.15) is 0 Å². The summed E-state index contributed by atoms with van der Waals surface area (Å²) in [6.45, 7) is 11.0. The minimum Gasteiger partial charge on any atom is -0.379 e. The number of carbonyl (C=O) groups is 1. The molecule has 2 saturated heterocycles. The molecule has 2 aliphatic heterocycles. The largest absolute Gasteiger partial charge is 0.379 e. The highest BCUT2D eigenvalue weighted by Crippen LogP contribution is 2.15. The van der Waals surface area contributed by atoms with E-state index in [1.165, 1.54) is 11.1 Å². The van der Waals surface area contributed by atoms with Crippen LogP contribution in [0.15, 0.2) is 29.3 Å². The molecule has 1 aromatic carbocycles. The number of morpholine rings is 1. The number of likely N-dealkylation sites (tertiary alicyclic amines) is 1. The molecule has 0 unspecified atom stereocenters. The predicted octanol–water partition coefficient (Wildman–Crippen LogP) is 2.20. The number of hydrogen-bond acceptors (Lipinski definition) is 4. The Morgan fingerprint density at radius 1 is 1.10 bits per heavy atom. The van der Waals surface area contributed by atoms with Crippen molar-refractivity contribution in [2.75, 3.05) is 52.5 Å². The van der Waals surface area contributed by atoms with Crippen LogP contribution in [-0.2, 0) is 22.6 Å². The molecule has 168 valence electrons. The minimum absolute atomic E-state index is 0. The second kappa shape index (κ2) is 13.8. The molecule has 2 heterocycles. The number of nitrogens with zero attached hydrogens (tertiary/aromatic N) is 3. The van der Waals surface area contributed by atoms with Gasteiger partial charge in [0.2, 0.25) is 5.91 Å². The van der Waals surface area contributed by atoms with Crippen LogP contribution >= 0.6 is 24.0 Å². The molecule has 1 amide bonds. The Morgan fingerprint density at radius 3 is 2.50 bits per heavy atom. The Hall–Kier alpha value is -1.39. The number of hydrogen-bond donors (Lipinski definition) is 2. The van der Waals surface area contributed by atoms with Crippen molar-refractivity contribution in [1.29, 1.82) is 0 Å². The van der Waals surface area contributed by atoms with E-state index in [-0.39, 0.29) is 29.9 Å². The zero-order valence-corrected chi connectivity index (χ0v) is 20.4. The predicted molar refractivity (Wildman–Crippen MR) is 131 cm³/mol. The van der Waals surface area contributed by atoms with Crippen LogP contribution in [0.1, 0.15) is 37.3 Å². The van der Waals surface area contributed by atoms with E-state index in [1.54, 1.807) is 0 Å². The lowest BCUT2D eigenvalue weighted by Gasteiger charge is -2.26. The van der Waals surface area contributed by atoms with Gasteiger partial charge in [-0.3, -0.25) is 9.69 Å². The highest BCUT2D eigenvalue weighted by molar-refractivity contribution is 14.0. The van der Waals surface area contributed by atoms with Crippen LogP contribution < -0.4 is 10.6 Å². The summed E-state index contributed by atoms with van der Waals surface area (Å²) in [4.78, 5) is 20.9. The molecule has 0 aromatic heterocycles. The van der Waals surface area contributed by atoms with Gasteiger partial charge in [-0.1, -0.05) is 24.3 Å². The number of rotatable bonds is 9. The molecule has 0 radical (unpaired) electrons. The summed E-state index contributed by atoms with van der Waals surface area (Å²) in [5, 5.41) is 6.75. The summed E-state index contributed by atoms with van der Waals surface area (Å²) in [5.41, 5.74) is 2.35. The number of carbonyl (C=O) groups excluding carboxylic acids is 1. The van der Waals surface area contributed by atoms with Crippen LogP contribution in [-0.4, -0.2) is 74.1 Å².